The van der Waals surface area contributed by atoms with Crippen LogP contribution in [0.3, 0.4) is 0 Å². The predicted molar refractivity (Wildman–Crippen MR) is 135 cm³/mol. The van der Waals surface area contributed by atoms with Gasteiger partial charge in [-0.3, -0.25) is 9.59 Å². The van der Waals surface area contributed by atoms with E-state index in [-0.39, 0.29) is 24.6 Å². The Morgan fingerprint density at radius 2 is 1.74 bits per heavy atom. The Morgan fingerprint density at radius 3 is 2.49 bits per heavy atom. The highest BCUT2D eigenvalue weighted by molar-refractivity contribution is 7.15. The molecule has 4 rings (SSSR count). The van der Waals surface area contributed by atoms with Crippen molar-refractivity contribution in [3.05, 3.63) is 70.9 Å². The second-order valence-electron chi connectivity index (χ2n) is 8.32. The van der Waals surface area contributed by atoms with E-state index in [0.717, 1.165) is 35.7 Å². The highest BCUT2D eigenvalue weighted by Gasteiger charge is 2.31. The number of aromatic amines is 1. The first kappa shape index (κ1) is 27.6. The minimum absolute atomic E-state index is 0.149. The van der Waals surface area contributed by atoms with Crippen LogP contribution in [-0.4, -0.2) is 48.5 Å². The van der Waals surface area contributed by atoms with Crippen LogP contribution in [0.4, 0.5) is 24.1 Å². The van der Waals surface area contributed by atoms with Gasteiger partial charge in [0.05, 0.1) is 30.6 Å². The molecule has 0 radical (unpaired) electrons. The fourth-order valence-electron chi connectivity index (χ4n) is 3.49. The highest BCUT2D eigenvalue weighted by Crippen LogP contribution is 2.23. The summed E-state index contributed by atoms with van der Waals surface area (Å²) in [5, 5.41) is 22.8. The molecule has 0 atom stereocenters. The molecule has 0 aliphatic rings. The largest absolute Gasteiger partial charge is 0.573 e. The quantitative estimate of drug-likeness (QED) is 0.221. The van der Waals surface area contributed by atoms with Gasteiger partial charge in [0.2, 0.25) is 16.9 Å². The number of H-pyrrole nitrogens is 1. The molecule has 0 bridgehead atoms. The van der Waals surface area contributed by atoms with E-state index >= 15 is 0 Å². The Labute approximate surface area is 224 Å². The van der Waals surface area contributed by atoms with Gasteiger partial charge in [-0.1, -0.05) is 23.5 Å². The molecule has 15 heteroatoms. The van der Waals surface area contributed by atoms with Crippen LogP contribution in [0, 0.1) is 0 Å². The number of nitrogens with zero attached hydrogens (tertiary/aromatic N) is 5. The van der Waals surface area contributed by atoms with Gasteiger partial charge in [-0.2, -0.15) is 5.10 Å². The van der Waals surface area contributed by atoms with E-state index in [4.69, 9.17) is 0 Å². The molecule has 3 N–H and O–H groups in total. The van der Waals surface area contributed by atoms with E-state index in [2.05, 4.69) is 45.7 Å². The number of imidazole rings is 1. The Hall–Kier alpha value is -4.40. The van der Waals surface area contributed by atoms with Gasteiger partial charge in [0.25, 0.3) is 0 Å². The van der Waals surface area contributed by atoms with Crippen molar-refractivity contribution in [2.45, 2.75) is 44.9 Å². The average Bonchev–Trinajstić information content (AvgIpc) is 3.54. The van der Waals surface area contributed by atoms with Gasteiger partial charge in [-0.25, -0.2) is 4.98 Å². The molecular formula is C24H23F3N8O3S. The number of halogens is 3. The SMILES string of the molecule is O=C(Cc1cccc(OC(F)(F)F)c1)Nc1ccc(CCCCc2nnc(NC(=O)Cc3c[nH]cn3)s2)nn1. The lowest BCUT2D eigenvalue weighted by atomic mass is 10.1. The maximum atomic E-state index is 12.4. The second-order valence-corrected chi connectivity index (χ2v) is 9.39. The standard InChI is InChI=1S/C24H23F3N8O3S/c25-24(26,27)38-18-6-3-4-15(10-18)11-20(36)30-19-9-8-16(32-33-19)5-1-2-7-22-34-35-23(39-22)31-21(37)12-17-13-28-14-29-17/h3-4,6,8-10,13-14H,1-2,5,7,11-12H2,(H,28,29)(H,30,33,36)(H,31,35,37). The molecule has 3 aromatic heterocycles. The molecule has 3 heterocycles. The van der Waals surface area contributed by atoms with Crippen LogP contribution in [0.15, 0.2) is 48.9 Å². The minimum Gasteiger partial charge on any atom is -0.406 e. The van der Waals surface area contributed by atoms with Crippen LogP contribution in [0.2, 0.25) is 0 Å². The molecule has 0 spiro atoms. The summed E-state index contributed by atoms with van der Waals surface area (Å²) in [4.78, 5) is 31.1. The number of ether oxygens (including phenoxy) is 1. The van der Waals surface area contributed by atoms with Gasteiger partial charge in [-0.05, 0) is 49.1 Å². The number of hydrogen-bond acceptors (Lipinski definition) is 9. The topological polar surface area (TPSA) is 148 Å². The zero-order chi connectivity index (χ0) is 27.7. The van der Waals surface area contributed by atoms with Gasteiger partial charge in [-0.15, -0.1) is 28.5 Å². The monoisotopic (exact) mass is 560 g/mol. The summed E-state index contributed by atoms with van der Waals surface area (Å²) >= 11 is 1.32. The molecule has 11 nitrogen and oxygen atoms in total. The van der Waals surface area contributed by atoms with Crippen LogP contribution in [-0.2, 0) is 35.3 Å². The third kappa shape index (κ3) is 9.45. The number of amides is 2. The van der Waals surface area contributed by atoms with Crippen molar-refractivity contribution in [3.8, 4) is 5.75 Å². The van der Waals surface area contributed by atoms with Crippen molar-refractivity contribution >= 4 is 34.1 Å². The number of carbonyl (C=O) groups is 2. The predicted octanol–water partition coefficient (Wildman–Crippen LogP) is 3.88. The average molecular weight is 561 g/mol. The zero-order valence-electron chi connectivity index (χ0n) is 20.4. The molecule has 4 aromatic rings. The first-order valence-corrected chi connectivity index (χ1v) is 12.6. The lowest BCUT2D eigenvalue weighted by molar-refractivity contribution is -0.274. The summed E-state index contributed by atoms with van der Waals surface area (Å²) in [6.45, 7) is 0. The number of alkyl halides is 3. The summed E-state index contributed by atoms with van der Waals surface area (Å²) in [7, 11) is 0. The number of nitrogens with one attached hydrogen (secondary N) is 3. The van der Waals surface area contributed by atoms with Crippen LogP contribution >= 0.6 is 11.3 Å². The summed E-state index contributed by atoms with van der Waals surface area (Å²) in [6.07, 6.45) is 1.36. The molecule has 0 unspecified atom stereocenters. The third-order valence-corrected chi connectivity index (χ3v) is 6.07. The third-order valence-electron chi connectivity index (χ3n) is 5.17. The van der Waals surface area contributed by atoms with E-state index in [1.165, 1.54) is 29.8 Å². The van der Waals surface area contributed by atoms with Crippen molar-refractivity contribution in [2.24, 2.45) is 0 Å². The molecule has 0 saturated heterocycles. The summed E-state index contributed by atoms with van der Waals surface area (Å²) in [5.41, 5.74) is 1.74. The molecular weight excluding hydrogens is 537 g/mol. The molecule has 0 fully saturated rings. The van der Waals surface area contributed by atoms with E-state index in [1.807, 2.05) is 0 Å². The lowest BCUT2D eigenvalue weighted by Crippen LogP contribution is -2.18. The van der Waals surface area contributed by atoms with Crippen molar-refractivity contribution in [1.82, 2.24) is 30.4 Å². The zero-order valence-corrected chi connectivity index (χ0v) is 21.2. The van der Waals surface area contributed by atoms with E-state index in [9.17, 15) is 22.8 Å². The molecule has 2 amide bonds. The minimum atomic E-state index is -4.81. The van der Waals surface area contributed by atoms with Crippen LogP contribution < -0.4 is 15.4 Å². The van der Waals surface area contributed by atoms with E-state index < -0.39 is 18.0 Å². The Balaban J connectivity index is 1.15. The number of rotatable bonds is 12. The first-order valence-electron chi connectivity index (χ1n) is 11.8. The van der Waals surface area contributed by atoms with Crippen molar-refractivity contribution in [1.29, 1.82) is 0 Å². The molecule has 204 valence electrons. The normalized spacial score (nSPS) is 11.3. The smallest absolute Gasteiger partial charge is 0.406 e. The Kier molecular flexibility index (Phi) is 9.14. The van der Waals surface area contributed by atoms with Crippen LogP contribution in [0.5, 0.6) is 5.75 Å². The molecule has 1 aromatic carbocycles. The summed E-state index contributed by atoms with van der Waals surface area (Å²) in [6, 6.07) is 8.59. The lowest BCUT2D eigenvalue weighted by Gasteiger charge is -2.10. The number of hydrogen-bond donors (Lipinski definition) is 3. The van der Waals surface area contributed by atoms with Crippen molar-refractivity contribution in [2.75, 3.05) is 10.6 Å². The van der Waals surface area contributed by atoms with E-state index in [1.54, 1.807) is 18.3 Å². The molecule has 0 aliphatic carbocycles. The maximum Gasteiger partial charge on any atom is 0.573 e. The van der Waals surface area contributed by atoms with Crippen molar-refractivity contribution < 1.29 is 27.5 Å². The molecule has 39 heavy (non-hydrogen) atoms. The Bertz CT molecular complexity index is 1380. The maximum absolute atomic E-state index is 12.4. The number of benzene rings is 1. The second kappa shape index (κ2) is 12.9. The fourth-order valence-corrected chi connectivity index (χ4v) is 4.29. The van der Waals surface area contributed by atoms with Crippen LogP contribution in [0.1, 0.15) is 34.8 Å². The van der Waals surface area contributed by atoms with Gasteiger partial charge in [0.15, 0.2) is 5.82 Å². The Morgan fingerprint density at radius 1 is 0.923 bits per heavy atom. The number of aryl methyl sites for hydroxylation is 2. The first-order chi connectivity index (χ1) is 18.7. The number of aromatic nitrogens is 6. The van der Waals surface area contributed by atoms with Gasteiger partial charge >= 0.3 is 6.36 Å². The highest BCUT2D eigenvalue weighted by atomic mass is 32.1. The van der Waals surface area contributed by atoms with Gasteiger partial charge in [0.1, 0.15) is 10.8 Å². The molecule has 0 aliphatic heterocycles. The van der Waals surface area contributed by atoms with Gasteiger partial charge < -0.3 is 20.4 Å². The van der Waals surface area contributed by atoms with Gasteiger partial charge in [0, 0.05) is 12.6 Å². The summed E-state index contributed by atoms with van der Waals surface area (Å²) < 4.78 is 41.0. The number of anilines is 2. The number of carbonyl (C=O) groups excluding carboxylic acids is 2. The van der Waals surface area contributed by atoms with Crippen LogP contribution in [0.25, 0.3) is 0 Å². The number of unbranched alkanes of at least 4 members (excludes halogenated alkanes) is 1. The summed E-state index contributed by atoms with van der Waals surface area (Å²) in [5.74, 6) is -0.818. The molecule has 0 saturated carbocycles. The van der Waals surface area contributed by atoms with E-state index in [0.29, 0.717) is 29.2 Å². The van der Waals surface area contributed by atoms with Crippen molar-refractivity contribution in [3.63, 3.8) is 0 Å². The fraction of sp³-hybridized carbons (Fsp3) is 0.292.